The second kappa shape index (κ2) is 3.58. The molecular formula is C12H14FNO. The minimum atomic E-state index is -0.143. The van der Waals surface area contributed by atoms with Crippen molar-refractivity contribution in [3.8, 4) is 0 Å². The molecule has 2 nitrogen and oxygen atoms in total. The molecule has 0 amide bonds. The highest BCUT2D eigenvalue weighted by atomic mass is 19.1. The lowest BCUT2D eigenvalue weighted by atomic mass is 9.89. The van der Waals surface area contributed by atoms with Gasteiger partial charge in [-0.25, -0.2) is 4.39 Å². The van der Waals surface area contributed by atoms with Crippen molar-refractivity contribution in [1.82, 2.24) is 5.32 Å². The number of hydrogen-bond donors (Lipinski definition) is 1. The monoisotopic (exact) mass is 207 g/mol. The van der Waals surface area contributed by atoms with Crippen molar-refractivity contribution in [2.24, 2.45) is 0 Å². The molecule has 0 saturated carbocycles. The van der Waals surface area contributed by atoms with Gasteiger partial charge >= 0.3 is 0 Å². The maximum atomic E-state index is 13.1. The molecule has 2 heterocycles. The minimum Gasteiger partial charge on any atom is -0.372 e. The zero-order valence-corrected chi connectivity index (χ0v) is 8.50. The Bertz CT molecular complexity index is 376. The highest BCUT2D eigenvalue weighted by molar-refractivity contribution is 5.33. The van der Waals surface area contributed by atoms with E-state index in [4.69, 9.17) is 4.74 Å². The molecule has 0 unspecified atom stereocenters. The molecule has 80 valence electrons. The Morgan fingerprint density at radius 3 is 3.00 bits per heavy atom. The molecular weight excluding hydrogens is 193 g/mol. The van der Waals surface area contributed by atoms with Gasteiger partial charge in [0, 0.05) is 6.04 Å². The number of ether oxygens (including phenoxy) is 1. The molecule has 2 aliphatic rings. The molecule has 1 saturated heterocycles. The Morgan fingerprint density at radius 1 is 1.40 bits per heavy atom. The number of benzene rings is 1. The second-order valence-corrected chi connectivity index (χ2v) is 4.23. The Balaban J connectivity index is 1.95. The molecule has 1 aromatic carbocycles. The number of nitrogens with one attached hydrogen (secondary N) is 1. The average Bonchev–Trinajstić information content (AvgIpc) is 2.15. The molecule has 1 fully saturated rings. The molecule has 3 rings (SSSR count). The summed E-state index contributed by atoms with van der Waals surface area (Å²) in [6, 6.07) is 5.46. The van der Waals surface area contributed by atoms with Crippen LogP contribution in [0.2, 0.25) is 0 Å². The third kappa shape index (κ3) is 1.56. The van der Waals surface area contributed by atoms with E-state index in [2.05, 4.69) is 5.32 Å². The van der Waals surface area contributed by atoms with Gasteiger partial charge in [0.1, 0.15) is 5.82 Å². The minimum absolute atomic E-state index is 0.128. The molecule has 0 spiro atoms. The van der Waals surface area contributed by atoms with Crippen LogP contribution in [0.3, 0.4) is 0 Å². The second-order valence-electron chi connectivity index (χ2n) is 4.23. The molecule has 1 aromatic rings. The normalized spacial score (nSPS) is 29.4. The molecule has 0 radical (unpaired) electrons. The molecule has 2 atom stereocenters. The van der Waals surface area contributed by atoms with Crippen LogP contribution in [0.5, 0.6) is 0 Å². The molecule has 15 heavy (non-hydrogen) atoms. The van der Waals surface area contributed by atoms with Crippen molar-refractivity contribution in [3.05, 3.63) is 35.1 Å². The highest BCUT2D eigenvalue weighted by Crippen LogP contribution is 2.33. The zero-order chi connectivity index (χ0) is 10.3. The number of rotatable bonds is 1. The van der Waals surface area contributed by atoms with Crippen LogP contribution in [-0.2, 0) is 11.2 Å². The van der Waals surface area contributed by atoms with Crippen LogP contribution in [0.15, 0.2) is 18.2 Å². The fraction of sp³-hybridized carbons (Fsp3) is 0.500. The van der Waals surface area contributed by atoms with E-state index in [0.29, 0.717) is 12.6 Å². The van der Waals surface area contributed by atoms with E-state index >= 15 is 0 Å². The van der Waals surface area contributed by atoms with Gasteiger partial charge in [0.05, 0.1) is 12.7 Å². The Kier molecular flexibility index (Phi) is 2.22. The van der Waals surface area contributed by atoms with Gasteiger partial charge in [0.25, 0.3) is 0 Å². The predicted octanol–water partition coefficient (Wildman–Crippen LogP) is 1.80. The van der Waals surface area contributed by atoms with Gasteiger partial charge in [0.15, 0.2) is 0 Å². The van der Waals surface area contributed by atoms with Gasteiger partial charge < -0.3 is 10.1 Å². The number of hydrogen-bond acceptors (Lipinski definition) is 2. The topological polar surface area (TPSA) is 21.3 Å². The first-order valence-corrected chi connectivity index (χ1v) is 5.48. The fourth-order valence-electron chi connectivity index (χ4n) is 2.36. The SMILES string of the molecule is Fc1ccc2c(c1)CCO[C@H]2[C@@H]1CCN1. The number of fused-ring (bicyclic) bond motifs is 1. The first-order chi connectivity index (χ1) is 7.34. The van der Waals surface area contributed by atoms with Gasteiger partial charge in [-0.15, -0.1) is 0 Å². The van der Waals surface area contributed by atoms with Crippen LogP contribution >= 0.6 is 0 Å². The van der Waals surface area contributed by atoms with E-state index in [1.807, 2.05) is 6.07 Å². The number of halogens is 1. The van der Waals surface area contributed by atoms with Crippen LogP contribution in [0, 0.1) is 5.82 Å². The van der Waals surface area contributed by atoms with Crippen LogP contribution < -0.4 is 5.32 Å². The largest absolute Gasteiger partial charge is 0.372 e. The van der Waals surface area contributed by atoms with Crippen molar-refractivity contribution in [2.45, 2.75) is 25.0 Å². The van der Waals surface area contributed by atoms with Crippen molar-refractivity contribution >= 4 is 0 Å². The van der Waals surface area contributed by atoms with Crippen molar-refractivity contribution < 1.29 is 9.13 Å². The smallest absolute Gasteiger partial charge is 0.123 e. The molecule has 1 N–H and O–H groups in total. The van der Waals surface area contributed by atoms with E-state index in [0.717, 1.165) is 24.9 Å². The fourth-order valence-corrected chi connectivity index (χ4v) is 2.36. The third-order valence-electron chi connectivity index (χ3n) is 3.31. The zero-order valence-electron chi connectivity index (χ0n) is 8.50. The lowest BCUT2D eigenvalue weighted by Gasteiger charge is -2.38. The molecule has 2 aliphatic heterocycles. The summed E-state index contributed by atoms with van der Waals surface area (Å²) in [5.74, 6) is -0.143. The Labute approximate surface area is 88.4 Å². The summed E-state index contributed by atoms with van der Waals surface area (Å²) in [6.07, 6.45) is 2.11. The summed E-state index contributed by atoms with van der Waals surface area (Å²) < 4.78 is 18.8. The summed E-state index contributed by atoms with van der Waals surface area (Å²) in [7, 11) is 0. The van der Waals surface area contributed by atoms with Gasteiger partial charge in [0.2, 0.25) is 0 Å². The lowest BCUT2D eigenvalue weighted by Crippen LogP contribution is -2.48. The van der Waals surface area contributed by atoms with Crippen LogP contribution in [0.25, 0.3) is 0 Å². The molecule has 0 bridgehead atoms. The van der Waals surface area contributed by atoms with Gasteiger partial charge in [-0.05, 0) is 42.6 Å². The van der Waals surface area contributed by atoms with E-state index in [1.165, 1.54) is 11.6 Å². The van der Waals surface area contributed by atoms with Gasteiger partial charge in [-0.2, -0.15) is 0 Å². The average molecular weight is 207 g/mol. The van der Waals surface area contributed by atoms with Gasteiger partial charge in [-0.1, -0.05) is 6.07 Å². The van der Waals surface area contributed by atoms with E-state index in [1.54, 1.807) is 6.07 Å². The molecule has 0 aliphatic carbocycles. The lowest BCUT2D eigenvalue weighted by molar-refractivity contribution is -0.00159. The quantitative estimate of drug-likeness (QED) is 0.758. The highest BCUT2D eigenvalue weighted by Gasteiger charge is 2.32. The van der Waals surface area contributed by atoms with Crippen LogP contribution in [-0.4, -0.2) is 19.2 Å². The first-order valence-electron chi connectivity index (χ1n) is 5.48. The Morgan fingerprint density at radius 2 is 2.27 bits per heavy atom. The summed E-state index contributed by atoms with van der Waals surface area (Å²) in [5.41, 5.74) is 2.28. The van der Waals surface area contributed by atoms with E-state index < -0.39 is 0 Å². The Hall–Kier alpha value is -0.930. The van der Waals surface area contributed by atoms with Crippen molar-refractivity contribution in [2.75, 3.05) is 13.2 Å². The first kappa shape index (κ1) is 9.31. The molecule has 0 aromatic heterocycles. The maximum Gasteiger partial charge on any atom is 0.123 e. The maximum absolute atomic E-state index is 13.1. The van der Waals surface area contributed by atoms with Crippen LogP contribution in [0.1, 0.15) is 23.7 Å². The van der Waals surface area contributed by atoms with Gasteiger partial charge in [-0.3, -0.25) is 0 Å². The van der Waals surface area contributed by atoms with E-state index in [9.17, 15) is 4.39 Å². The van der Waals surface area contributed by atoms with E-state index in [-0.39, 0.29) is 11.9 Å². The van der Waals surface area contributed by atoms with Crippen LogP contribution in [0.4, 0.5) is 4.39 Å². The summed E-state index contributed by atoms with van der Waals surface area (Å²) >= 11 is 0. The summed E-state index contributed by atoms with van der Waals surface area (Å²) in [6.45, 7) is 1.78. The predicted molar refractivity (Wildman–Crippen MR) is 55.2 cm³/mol. The standard InChI is InChI=1S/C12H14FNO/c13-9-1-2-10-8(7-9)4-6-15-12(10)11-3-5-14-11/h1-2,7,11-12,14H,3-6H2/t11-,12+/m0/s1. The van der Waals surface area contributed by atoms with Crippen molar-refractivity contribution in [3.63, 3.8) is 0 Å². The summed E-state index contributed by atoms with van der Waals surface area (Å²) in [5, 5.41) is 3.35. The molecule has 3 heteroatoms. The summed E-state index contributed by atoms with van der Waals surface area (Å²) in [4.78, 5) is 0. The van der Waals surface area contributed by atoms with Crippen molar-refractivity contribution in [1.29, 1.82) is 0 Å². The third-order valence-corrected chi connectivity index (χ3v) is 3.31.